The van der Waals surface area contributed by atoms with Crippen molar-refractivity contribution in [2.24, 2.45) is 5.92 Å². The Bertz CT molecular complexity index is 525. The Morgan fingerprint density at radius 2 is 2.00 bits per heavy atom. The first kappa shape index (κ1) is 15.5. The van der Waals surface area contributed by atoms with Gasteiger partial charge in [0, 0.05) is 18.7 Å². The third kappa shape index (κ3) is 3.63. The number of hydrogen-bond donors (Lipinski definition) is 1. The van der Waals surface area contributed by atoms with Crippen molar-refractivity contribution < 1.29 is 9.59 Å². The van der Waals surface area contributed by atoms with Gasteiger partial charge in [0.2, 0.25) is 11.8 Å². The number of nitrogens with zero attached hydrogens (tertiary/aromatic N) is 1. The summed E-state index contributed by atoms with van der Waals surface area (Å²) < 4.78 is 0. The number of amides is 2. The molecule has 0 bridgehead atoms. The van der Waals surface area contributed by atoms with Gasteiger partial charge >= 0.3 is 0 Å². The van der Waals surface area contributed by atoms with Crippen molar-refractivity contribution in [3.63, 3.8) is 0 Å². The smallest absolute Gasteiger partial charge is 0.249 e. The van der Waals surface area contributed by atoms with Crippen LogP contribution in [-0.4, -0.2) is 24.4 Å². The van der Waals surface area contributed by atoms with Crippen LogP contribution in [0.1, 0.15) is 39.2 Å². The number of carbonyl (C=O) groups is 2. The lowest BCUT2D eigenvalue weighted by atomic mass is 10.0. The predicted octanol–water partition coefficient (Wildman–Crippen LogP) is 2.52. The topological polar surface area (TPSA) is 49.4 Å². The summed E-state index contributed by atoms with van der Waals surface area (Å²) in [5.41, 5.74) is 2.08. The van der Waals surface area contributed by atoms with E-state index in [4.69, 9.17) is 0 Å². The fourth-order valence-electron chi connectivity index (χ4n) is 2.78. The van der Waals surface area contributed by atoms with Crippen LogP contribution in [0.15, 0.2) is 24.3 Å². The van der Waals surface area contributed by atoms with Crippen molar-refractivity contribution in [1.82, 2.24) is 5.32 Å². The largest absolute Gasteiger partial charge is 0.344 e. The summed E-state index contributed by atoms with van der Waals surface area (Å²) in [6.45, 7) is 6.66. The molecule has 1 fully saturated rings. The molecule has 1 aliphatic heterocycles. The first-order valence-corrected chi connectivity index (χ1v) is 7.71. The molecule has 1 saturated heterocycles. The maximum absolute atomic E-state index is 12.8. The number of rotatable bonds is 4. The van der Waals surface area contributed by atoms with Crippen LogP contribution in [0.25, 0.3) is 0 Å². The van der Waals surface area contributed by atoms with Crippen molar-refractivity contribution in [2.45, 2.75) is 46.1 Å². The van der Waals surface area contributed by atoms with E-state index >= 15 is 0 Å². The molecule has 2 amide bonds. The first-order chi connectivity index (χ1) is 10.0. The Hall–Kier alpha value is -1.84. The van der Waals surface area contributed by atoms with E-state index in [0.29, 0.717) is 25.3 Å². The van der Waals surface area contributed by atoms with Gasteiger partial charge in [-0.2, -0.15) is 0 Å². The van der Waals surface area contributed by atoms with E-state index in [1.165, 1.54) is 0 Å². The molecule has 1 heterocycles. The van der Waals surface area contributed by atoms with E-state index in [2.05, 4.69) is 26.1 Å². The van der Waals surface area contributed by atoms with Crippen LogP contribution in [0.4, 0.5) is 5.69 Å². The van der Waals surface area contributed by atoms with Crippen LogP contribution in [0.2, 0.25) is 0 Å². The van der Waals surface area contributed by atoms with Crippen LogP contribution in [0, 0.1) is 5.92 Å². The highest BCUT2D eigenvalue weighted by atomic mass is 16.2. The Balaban J connectivity index is 2.32. The van der Waals surface area contributed by atoms with E-state index in [0.717, 1.165) is 17.7 Å². The number of benzene rings is 1. The van der Waals surface area contributed by atoms with Gasteiger partial charge in [-0.15, -0.1) is 0 Å². The minimum atomic E-state index is -0.412. The second-order valence-electron chi connectivity index (χ2n) is 5.97. The van der Waals surface area contributed by atoms with E-state index in [-0.39, 0.29) is 11.8 Å². The summed E-state index contributed by atoms with van der Waals surface area (Å²) >= 11 is 0. The molecule has 4 nitrogen and oxygen atoms in total. The van der Waals surface area contributed by atoms with Crippen molar-refractivity contribution in [2.75, 3.05) is 11.4 Å². The molecule has 0 spiro atoms. The molecule has 1 aliphatic rings. The lowest BCUT2D eigenvalue weighted by Crippen LogP contribution is -2.45. The maximum atomic E-state index is 12.8. The highest BCUT2D eigenvalue weighted by Crippen LogP contribution is 2.24. The van der Waals surface area contributed by atoms with Gasteiger partial charge in [-0.3, -0.25) is 9.59 Å². The van der Waals surface area contributed by atoms with Crippen molar-refractivity contribution in [3.8, 4) is 0 Å². The molecule has 1 unspecified atom stereocenters. The van der Waals surface area contributed by atoms with Gasteiger partial charge in [0.05, 0.1) is 0 Å². The second kappa shape index (κ2) is 6.74. The lowest BCUT2D eigenvalue weighted by molar-refractivity contribution is -0.125. The number of anilines is 1. The number of hydrogen-bond acceptors (Lipinski definition) is 2. The molecule has 2 rings (SSSR count). The fraction of sp³-hybridized carbons (Fsp3) is 0.529. The van der Waals surface area contributed by atoms with Crippen molar-refractivity contribution in [1.29, 1.82) is 0 Å². The Morgan fingerprint density at radius 3 is 2.67 bits per heavy atom. The monoisotopic (exact) mass is 288 g/mol. The van der Waals surface area contributed by atoms with Gasteiger partial charge in [0.25, 0.3) is 0 Å². The number of nitrogens with one attached hydrogen (secondary N) is 1. The molecule has 0 aliphatic carbocycles. The van der Waals surface area contributed by atoms with Crippen molar-refractivity contribution >= 4 is 17.5 Å². The molecule has 1 aromatic carbocycles. The summed E-state index contributed by atoms with van der Waals surface area (Å²) in [6, 6.07) is 7.53. The number of para-hydroxylation sites is 1. The molecule has 1 atom stereocenters. The van der Waals surface area contributed by atoms with Gasteiger partial charge in [-0.25, -0.2) is 0 Å². The zero-order chi connectivity index (χ0) is 15.4. The van der Waals surface area contributed by atoms with Gasteiger partial charge < -0.3 is 10.2 Å². The number of carbonyl (C=O) groups excluding carboxylic acids is 2. The van der Waals surface area contributed by atoms with Gasteiger partial charge in [0.1, 0.15) is 6.04 Å². The van der Waals surface area contributed by atoms with E-state index < -0.39 is 6.04 Å². The van der Waals surface area contributed by atoms with Crippen LogP contribution in [0.5, 0.6) is 0 Å². The van der Waals surface area contributed by atoms with Gasteiger partial charge in [-0.1, -0.05) is 39.0 Å². The summed E-state index contributed by atoms with van der Waals surface area (Å²) in [4.78, 5) is 26.4. The Labute approximate surface area is 126 Å². The SMILES string of the molecule is CCc1ccccc1N1CCC(=O)NC(CC(C)C)C1=O. The maximum Gasteiger partial charge on any atom is 0.249 e. The molecule has 114 valence electrons. The average Bonchev–Trinajstić information content (AvgIpc) is 2.58. The summed E-state index contributed by atoms with van der Waals surface area (Å²) in [5.74, 6) is 0.335. The minimum absolute atomic E-state index is 0.00968. The van der Waals surface area contributed by atoms with Crippen LogP contribution in [-0.2, 0) is 16.0 Å². The molecular weight excluding hydrogens is 264 g/mol. The van der Waals surface area contributed by atoms with E-state index in [1.54, 1.807) is 4.90 Å². The highest BCUT2D eigenvalue weighted by Gasteiger charge is 2.31. The standard InChI is InChI=1S/C17H24N2O2/c1-4-13-7-5-6-8-15(13)19-10-9-16(20)18-14(17(19)21)11-12(2)3/h5-8,12,14H,4,9-11H2,1-3H3,(H,18,20). The first-order valence-electron chi connectivity index (χ1n) is 7.71. The molecule has 4 heteroatoms. The molecule has 1 aromatic rings. The molecule has 0 aromatic heterocycles. The highest BCUT2D eigenvalue weighted by molar-refractivity contribution is 6.01. The van der Waals surface area contributed by atoms with Crippen LogP contribution >= 0.6 is 0 Å². The average molecular weight is 288 g/mol. The normalized spacial score (nSPS) is 19.6. The second-order valence-corrected chi connectivity index (χ2v) is 5.97. The third-order valence-electron chi connectivity index (χ3n) is 3.83. The summed E-state index contributed by atoms with van der Waals surface area (Å²) in [6.07, 6.45) is 1.91. The lowest BCUT2D eigenvalue weighted by Gasteiger charge is -2.26. The molecule has 0 saturated carbocycles. The van der Waals surface area contributed by atoms with E-state index in [9.17, 15) is 9.59 Å². The molecule has 1 N–H and O–H groups in total. The quantitative estimate of drug-likeness (QED) is 0.925. The zero-order valence-electron chi connectivity index (χ0n) is 13.1. The predicted molar refractivity (Wildman–Crippen MR) is 84.2 cm³/mol. The minimum Gasteiger partial charge on any atom is -0.344 e. The van der Waals surface area contributed by atoms with Gasteiger partial charge in [0.15, 0.2) is 0 Å². The Kier molecular flexibility index (Phi) is 4.99. The zero-order valence-corrected chi connectivity index (χ0v) is 13.1. The molecular formula is C17H24N2O2. The third-order valence-corrected chi connectivity index (χ3v) is 3.83. The van der Waals surface area contributed by atoms with Crippen LogP contribution < -0.4 is 10.2 Å². The van der Waals surface area contributed by atoms with Crippen LogP contribution in [0.3, 0.4) is 0 Å². The van der Waals surface area contributed by atoms with Crippen molar-refractivity contribution in [3.05, 3.63) is 29.8 Å². The Morgan fingerprint density at radius 1 is 1.29 bits per heavy atom. The summed E-state index contributed by atoms with van der Waals surface area (Å²) in [5, 5.41) is 2.87. The number of aryl methyl sites for hydroxylation is 1. The molecule has 21 heavy (non-hydrogen) atoms. The van der Waals surface area contributed by atoms with E-state index in [1.807, 2.05) is 24.3 Å². The molecule has 0 radical (unpaired) electrons. The van der Waals surface area contributed by atoms with Gasteiger partial charge in [-0.05, 0) is 30.4 Å². The fourth-order valence-corrected chi connectivity index (χ4v) is 2.78. The summed E-state index contributed by atoms with van der Waals surface area (Å²) in [7, 11) is 0.